The van der Waals surface area contributed by atoms with Crippen molar-refractivity contribution < 1.29 is 14.6 Å². The molecule has 23 heavy (non-hydrogen) atoms. The van der Waals surface area contributed by atoms with E-state index in [0.717, 1.165) is 29.9 Å². The molecule has 0 fully saturated rings. The van der Waals surface area contributed by atoms with Crippen LogP contribution in [0, 0.1) is 5.92 Å². The van der Waals surface area contributed by atoms with E-state index in [2.05, 4.69) is 31.7 Å². The van der Waals surface area contributed by atoms with Gasteiger partial charge in [-0.15, -0.1) is 0 Å². The van der Waals surface area contributed by atoms with Crippen molar-refractivity contribution in [2.45, 2.75) is 46.1 Å². The van der Waals surface area contributed by atoms with E-state index in [1.165, 1.54) is 17.6 Å². The Morgan fingerprint density at radius 1 is 1.39 bits per heavy atom. The first-order chi connectivity index (χ1) is 11.0. The number of rotatable bonds is 6. The summed E-state index contributed by atoms with van der Waals surface area (Å²) in [5, 5.41) is 9.51. The van der Waals surface area contributed by atoms with Crippen molar-refractivity contribution in [2.24, 2.45) is 5.92 Å². The van der Waals surface area contributed by atoms with Crippen molar-refractivity contribution in [1.82, 2.24) is 0 Å². The standard InChI is InChI=1S/C20H26O3/c1-14(2)20(22)23-11-10-18-12-17(8-9-19(18)13-21)16-6-4-15(3)5-7-16/h6,8-9,12,15,21H,1,4-5,7,10-11,13H2,2-3H3. The first-order valence-corrected chi connectivity index (χ1v) is 8.26. The van der Waals surface area contributed by atoms with Crippen LogP contribution >= 0.6 is 0 Å². The zero-order valence-electron chi connectivity index (χ0n) is 14.1. The number of esters is 1. The lowest BCUT2D eigenvalue weighted by atomic mass is 9.86. The maximum absolute atomic E-state index is 11.5. The lowest BCUT2D eigenvalue weighted by Crippen LogP contribution is -2.09. The summed E-state index contributed by atoms with van der Waals surface area (Å²) in [4.78, 5) is 11.5. The normalized spacial score (nSPS) is 17.5. The summed E-state index contributed by atoms with van der Waals surface area (Å²) in [6, 6.07) is 6.18. The van der Waals surface area contributed by atoms with E-state index in [1.807, 2.05) is 6.07 Å². The monoisotopic (exact) mass is 314 g/mol. The van der Waals surface area contributed by atoms with Gasteiger partial charge in [0.05, 0.1) is 13.2 Å². The van der Waals surface area contributed by atoms with Crippen LogP contribution in [-0.4, -0.2) is 17.7 Å². The molecule has 124 valence electrons. The Morgan fingerprint density at radius 3 is 2.78 bits per heavy atom. The van der Waals surface area contributed by atoms with E-state index in [1.54, 1.807) is 6.92 Å². The molecule has 2 rings (SSSR count). The molecular formula is C20H26O3. The van der Waals surface area contributed by atoms with Gasteiger partial charge in [0, 0.05) is 12.0 Å². The van der Waals surface area contributed by atoms with E-state index in [4.69, 9.17) is 4.74 Å². The molecule has 1 aliphatic rings. The summed E-state index contributed by atoms with van der Waals surface area (Å²) >= 11 is 0. The van der Waals surface area contributed by atoms with Gasteiger partial charge in [-0.05, 0) is 54.4 Å². The molecule has 1 aromatic rings. The summed E-state index contributed by atoms with van der Waals surface area (Å²) in [7, 11) is 0. The van der Waals surface area contributed by atoms with Crippen molar-refractivity contribution in [1.29, 1.82) is 0 Å². The van der Waals surface area contributed by atoms with Crippen LogP contribution in [-0.2, 0) is 22.6 Å². The molecule has 1 unspecified atom stereocenters. The molecule has 1 N–H and O–H groups in total. The summed E-state index contributed by atoms with van der Waals surface area (Å²) < 4.78 is 5.17. The van der Waals surface area contributed by atoms with Crippen molar-refractivity contribution in [3.63, 3.8) is 0 Å². The van der Waals surface area contributed by atoms with Crippen LogP contribution in [0.15, 0.2) is 36.4 Å². The molecule has 1 aliphatic carbocycles. The van der Waals surface area contributed by atoms with Gasteiger partial charge in [0.1, 0.15) is 0 Å². The summed E-state index contributed by atoms with van der Waals surface area (Å²) in [5.74, 6) is 0.396. The number of ether oxygens (including phenoxy) is 1. The van der Waals surface area contributed by atoms with Crippen molar-refractivity contribution >= 4 is 11.5 Å². The highest BCUT2D eigenvalue weighted by molar-refractivity contribution is 5.86. The molecule has 0 spiro atoms. The highest BCUT2D eigenvalue weighted by Crippen LogP contribution is 2.31. The molecule has 1 atom stereocenters. The van der Waals surface area contributed by atoms with E-state index >= 15 is 0 Å². The topological polar surface area (TPSA) is 46.5 Å². The van der Waals surface area contributed by atoms with Gasteiger partial charge in [0.15, 0.2) is 0 Å². The van der Waals surface area contributed by atoms with Crippen molar-refractivity contribution in [2.75, 3.05) is 6.61 Å². The van der Waals surface area contributed by atoms with Crippen LogP contribution in [0.25, 0.3) is 5.57 Å². The third-order valence-corrected chi connectivity index (χ3v) is 4.37. The number of hydrogen-bond donors (Lipinski definition) is 1. The quantitative estimate of drug-likeness (QED) is 0.636. The Kier molecular flexibility index (Phi) is 6.17. The number of allylic oxidation sites excluding steroid dienone is 2. The summed E-state index contributed by atoms with van der Waals surface area (Å²) in [6.07, 6.45) is 6.38. The van der Waals surface area contributed by atoms with Gasteiger partial charge >= 0.3 is 5.97 Å². The van der Waals surface area contributed by atoms with Crippen LogP contribution in [0.4, 0.5) is 0 Å². The number of carbonyl (C=O) groups excluding carboxylic acids is 1. The van der Waals surface area contributed by atoms with Gasteiger partial charge in [0.25, 0.3) is 0 Å². The van der Waals surface area contributed by atoms with Gasteiger partial charge in [-0.25, -0.2) is 4.79 Å². The maximum Gasteiger partial charge on any atom is 0.333 e. The predicted molar refractivity (Wildman–Crippen MR) is 92.8 cm³/mol. The highest BCUT2D eigenvalue weighted by atomic mass is 16.5. The summed E-state index contributed by atoms with van der Waals surface area (Å²) in [5.41, 5.74) is 4.94. The molecule has 0 aromatic heterocycles. The molecular weight excluding hydrogens is 288 g/mol. The van der Waals surface area contributed by atoms with Crippen LogP contribution < -0.4 is 0 Å². The second kappa shape index (κ2) is 8.11. The van der Waals surface area contributed by atoms with Gasteiger partial charge in [0.2, 0.25) is 0 Å². The fourth-order valence-electron chi connectivity index (χ4n) is 2.82. The van der Waals surface area contributed by atoms with Gasteiger partial charge in [-0.3, -0.25) is 0 Å². The Balaban J connectivity index is 2.09. The fraction of sp³-hybridized carbons (Fsp3) is 0.450. The lowest BCUT2D eigenvalue weighted by Gasteiger charge is -2.19. The average Bonchev–Trinajstić information content (AvgIpc) is 2.55. The molecule has 0 saturated heterocycles. The SMILES string of the molecule is C=C(C)C(=O)OCCc1cc(C2=CCC(C)CC2)ccc1CO. The van der Waals surface area contributed by atoms with Crippen LogP contribution in [0.3, 0.4) is 0 Å². The van der Waals surface area contributed by atoms with Gasteiger partial charge in [-0.2, -0.15) is 0 Å². The molecule has 0 bridgehead atoms. The lowest BCUT2D eigenvalue weighted by molar-refractivity contribution is -0.138. The molecule has 0 amide bonds. The smallest absolute Gasteiger partial charge is 0.333 e. The van der Waals surface area contributed by atoms with Gasteiger partial charge < -0.3 is 9.84 Å². The fourth-order valence-corrected chi connectivity index (χ4v) is 2.82. The minimum atomic E-state index is -0.365. The van der Waals surface area contributed by atoms with E-state index < -0.39 is 0 Å². The predicted octanol–water partition coefficient (Wildman–Crippen LogP) is 4.04. The van der Waals surface area contributed by atoms with Crippen LogP contribution in [0.1, 0.15) is 49.8 Å². The van der Waals surface area contributed by atoms with Crippen LogP contribution in [0.5, 0.6) is 0 Å². The number of benzene rings is 1. The van der Waals surface area contributed by atoms with E-state index in [9.17, 15) is 9.90 Å². The molecule has 3 heteroatoms. The Morgan fingerprint density at radius 2 is 2.17 bits per heavy atom. The largest absolute Gasteiger partial charge is 0.462 e. The molecule has 0 saturated carbocycles. The third kappa shape index (κ3) is 4.80. The van der Waals surface area contributed by atoms with E-state index in [-0.39, 0.29) is 12.6 Å². The van der Waals surface area contributed by atoms with E-state index in [0.29, 0.717) is 18.6 Å². The zero-order chi connectivity index (χ0) is 16.8. The highest BCUT2D eigenvalue weighted by Gasteiger charge is 2.13. The van der Waals surface area contributed by atoms with Crippen molar-refractivity contribution in [3.8, 4) is 0 Å². The first kappa shape index (κ1) is 17.5. The molecule has 0 radical (unpaired) electrons. The second-order valence-corrected chi connectivity index (χ2v) is 6.42. The Bertz CT molecular complexity index is 613. The summed E-state index contributed by atoms with van der Waals surface area (Å²) in [6.45, 7) is 7.80. The minimum absolute atomic E-state index is 0.000127. The number of hydrogen-bond acceptors (Lipinski definition) is 3. The number of aliphatic hydroxyl groups excluding tert-OH is 1. The molecule has 0 heterocycles. The maximum atomic E-state index is 11.5. The zero-order valence-corrected chi connectivity index (χ0v) is 14.1. The first-order valence-electron chi connectivity index (χ1n) is 8.26. The molecule has 1 aromatic carbocycles. The average molecular weight is 314 g/mol. The molecule has 3 nitrogen and oxygen atoms in total. The van der Waals surface area contributed by atoms with Crippen LogP contribution in [0.2, 0.25) is 0 Å². The van der Waals surface area contributed by atoms with Crippen molar-refractivity contribution in [3.05, 3.63) is 53.1 Å². The Hall–Kier alpha value is -1.87. The molecule has 0 aliphatic heterocycles. The number of aliphatic hydroxyl groups is 1. The minimum Gasteiger partial charge on any atom is -0.462 e. The third-order valence-electron chi connectivity index (χ3n) is 4.37. The second-order valence-electron chi connectivity index (χ2n) is 6.42. The van der Waals surface area contributed by atoms with Gasteiger partial charge in [-0.1, -0.05) is 37.8 Å². The Labute approximate surface area is 138 Å². The number of carbonyl (C=O) groups is 1.